The van der Waals surface area contributed by atoms with Crippen molar-refractivity contribution >= 4 is 28.6 Å². The predicted octanol–water partition coefficient (Wildman–Crippen LogP) is 1.06. The highest BCUT2D eigenvalue weighted by Gasteiger charge is 2.38. The number of carboxylic acids is 1. The minimum atomic E-state index is -1.18. The number of amides is 2. The maximum Gasteiger partial charge on any atom is 0.322 e. The molecular weight excluding hydrogens is 310 g/mol. The van der Waals surface area contributed by atoms with Gasteiger partial charge in [-0.05, 0) is 10.8 Å². The molecule has 24 heavy (non-hydrogen) atoms. The molecule has 1 heterocycles. The minimum absolute atomic E-state index is 0.368. The van der Waals surface area contributed by atoms with Gasteiger partial charge in [0.1, 0.15) is 19.1 Å². The largest absolute Gasteiger partial charge is 0.480 e. The fraction of sp³-hybridized carbons (Fsp3) is 0.176. The number of carboxylic acid groups (broad SMARTS) is 1. The number of nitrogens with zero attached hydrogens (tertiary/aromatic N) is 2. The van der Waals surface area contributed by atoms with E-state index < -0.39 is 30.4 Å². The first-order valence-corrected chi connectivity index (χ1v) is 7.23. The summed E-state index contributed by atoms with van der Waals surface area (Å²) in [6.07, 6.45) is 0. The summed E-state index contributed by atoms with van der Waals surface area (Å²) in [4.78, 5) is 36.2. The summed E-state index contributed by atoms with van der Waals surface area (Å²) in [5, 5.41) is 21.8. The molecule has 1 atom stereocenters. The van der Waals surface area contributed by atoms with Crippen LogP contribution in [0.5, 0.6) is 0 Å². The zero-order chi connectivity index (χ0) is 17.3. The van der Waals surface area contributed by atoms with E-state index in [4.69, 9.17) is 5.11 Å². The van der Waals surface area contributed by atoms with E-state index in [0.29, 0.717) is 11.1 Å². The average Bonchev–Trinajstić information content (AvgIpc) is 2.85. The molecule has 0 bridgehead atoms. The molecule has 1 unspecified atom stereocenters. The van der Waals surface area contributed by atoms with Crippen molar-refractivity contribution in [3.8, 4) is 6.07 Å². The third-order valence-corrected chi connectivity index (χ3v) is 3.92. The molecule has 0 spiro atoms. The Bertz CT molecular complexity index is 900. The highest BCUT2D eigenvalue weighted by atomic mass is 16.4. The number of rotatable bonds is 4. The Kier molecular flexibility index (Phi) is 3.88. The molecular formula is C17H13N3O4. The van der Waals surface area contributed by atoms with Gasteiger partial charge in [-0.15, -0.1) is 0 Å². The third-order valence-electron chi connectivity index (χ3n) is 3.92. The van der Waals surface area contributed by atoms with E-state index in [9.17, 15) is 19.6 Å². The van der Waals surface area contributed by atoms with Gasteiger partial charge in [0.25, 0.3) is 5.91 Å². The van der Waals surface area contributed by atoms with Crippen LogP contribution in [0.4, 0.5) is 0 Å². The van der Waals surface area contributed by atoms with E-state index >= 15 is 0 Å². The Balaban J connectivity index is 1.94. The molecule has 3 rings (SSSR count). The summed E-state index contributed by atoms with van der Waals surface area (Å²) in [5.41, 5.74) is 0.984. The van der Waals surface area contributed by atoms with E-state index in [1.54, 1.807) is 18.2 Å². The number of fused-ring (bicyclic) bond motifs is 3. The molecule has 0 aliphatic carbocycles. The lowest BCUT2D eigenvalue weighted by molar-refractivity contribution is -0.138. The minimum Gasteiger partial charge on any atom is -0.480 e. The van der Waals surface area contributed by atoms with Gasteiger partial charge in [-0.3, -0.25) is 14.4 Å². The first-order valence-electron chi connectivity index (χ1n) is 7.23. The van der Waals surface area contributed by atoms with Crippen LogP contribution in [-0.2, 0) is 9.59 Å². The zero-order valence-electron chi connectivity index (χ0n) is 12.5. The molecule has 0 aromatic heterocycles. The van der Waals surface area contributed by atoms with Crippen LogP contribution in [0.2, 0.25) is 0 Å². The quantitative estimate of drug-likeness (QED) is 0.874. The van der Waals surface area contributed by atoms with Gasteiger partial charge >= 0.3 is 5.97 Å². The van der Waals surface area contributed by atoms with Gasteiger partial charge in [0, 0.05) is 5.56 Å². The van der Waals surface area contributed by atoms with E-state index in [2.05, 4.69) is 5.32 Å². The lowest BCUT2D eigenvalue weighted by Crippen LogP contribution is -2.40. The third kappa shape index (κ3) is 2.54. The smallest absolute Gasteiger partial charge is 0.322 e. The van der Waals surface area contributed by atoms with Crippen molar-refractivity contribution in [3.63, 3.8) is 0 Å². The van der Waals surface area contributed by atoms with Crippen LogP contribution in [0, 0.1) is 11.3 Å². The standard InChI is InChI=1S/C17H13N3O4/c18-7-13-12-6-5-10-3-1-2-4-11(10)16(12)17(24)20(13)9-14(21)19-8-15(22)23/h1-6,13H,8-9H2,(H,19,21)(H,22,23). The van der Waals surface area contributed by atoms with Crippen molar-refractivity contribution in [1.29, 1.82) is 5.26 Å². The number of carbonyl (C=O) groups excluding carboxylic acids is 2. The predicted molar refractivity (Wildman–Crippen MR) is 84.0 cm³/mol. The molecule has 1 aliphatic rings. The van der Waals surface area contributed by atoms with Gasteiger partial charge in [-0.2, -0.15) is 5.26 Å². The van der Waals surface area contributed by atoms with Gasteiger partial charge < -0.3 is 15.3 Å². The Hall–Kier alpha value is -3.40. The van der Waals surface area contributed by atoms with Crippen LogP contribution in [0.25, 0.3) is 10.8 Å². The maximum atomic E-state index is 12.7. The van der Waals surface area contributed by atoms with E-state index in [1.807, 2.05) is 24.3 Å². The average molecular weight is 323 g/mol. The number of nitriles is 1. The van der Waals surface area contributed by atoms with E-state index in [1.165, 1.54) is 0 Å². The molecule has 7 nitrogen and oxygen atoms in total. The molecule has 2 N–H and O–H groups in total. The Morgan fingerprint density at radius 1 is 1.25 bits per heavy atom. The van der Waals surface area contributed by atoms with Crippen LogP contribution in [0.15, 0.2) is 36.4 Å². The van der Waals surface area contributed by atoms with E-state index in [-0.39, 0.29) is 6.54 Å². The molecule has 7 heteroatoms. The Morgan fingerprint density at radius 2 is 2.00 bits per heavy atom. The first kappa shape index (κ1) is 15.5. The summed E-state index contributed by atoms with van der Waals surface area (Å²) in [5.74, 6) is -2.20. The monoisotopic (exact) mass is 323 g/mol. The molecule has 0 saturated heterocycles. The summed E-state index contributed by atoms with van der Waals surface area (Å²) >= 11 is 0. The van der Waals surface area contributed by atoms with Crippen molar-refractivity contribution in [2.45, 2.75) is 6.04 Å². The molecule has 2 amide bonds. The molecule has 1 aliphatic heterocycles. The lowest BCUT2D eigenvalue weighted by atomic mass is 9.98. The molecule has 0 radical (unpaired) electrons. The molecule has 0 fully saturated rings. The van der Waals surface area contributed by atoms with Crippen molar-refractivity contribution in [2.75, 3.05) is 13.1 Å². The maximum absolute atomic E-state index is 12.7. The Morgan fingerprint density at radius 3 is 2.71 bits per heavy atom. The van der Waals surface area contributed by atoms with E-state index in [0.717, 1.165) is 15.7 Å². The number of hydrogen-bond donors (Lipinski definition) is 2. The zero-order valence-corrected chi connectivity index (χ0v) is 12.5. The number of benzene rings is 2. The normalized spacial score (nSPS) is 15.9. The topological polar surface area (TPSA) is 111 Å². The molecule has 0 saturated carbocycles. The summed E-state index contributed by atoms with van der Waals surface area (Å²) < 4.78 is 0. The number of hydrogen-bond acceptors (Lipinski definition) is 4. The molecule has 120 valence electrons. The van der Waals surface area contributed by atoms with Crippen molar-refractivity contribution < 1.29 is 19.5 Å². The van der Waals surface area contributed by atoms with Gasteiger partial charge in [-0.1, -0.05) is 36.4 Å². The highest BCUT2D eigenvalue weighted by Crippen LogP contribution is 2.37. The number of carbonyl (C=O) groups is 3. The fourth-order valence-electron chi connectivity index (χ4n) is 2.87. The highest BCUT2D eigenvalue weighted by molar-refractivity contribution is 6.11. The summed E-state index contributed by atoms with van der Waals surface area (Å²) in [6, 6.07) is 12.1. The SMILES string of the molecule is N#CC1c2ccc3ccccc3c2C(=O)N1CC(=O)NCC(=O)O. The second-order valence-corrected chi connectivity index (χ2v) is 5.39. The van der Waals surface area contributed by atoms with Gasteiger partial charge in [0.05, 0.1) is 11.6 Å². The molecule has 2 aromatic rings. The van der Waals surface area contributed by atoms with Gasteiger partial charge in [-0.25, -0.2) is 0 Å². The van der Waals surface area contributed by atoms with Crippen LogP contribution < -0.4 is 5.32 Å². The van der Waals surface area contributed by atoms with Crippen LogP contribution in [0.1, 0.15) is 22.0 Å². The summed E-state index contributed by atoms with van der Waals surface area (Å²) in [7, 11) is 0. The van der Waals surface area contributed by atoms with Crippen molar-refractivity contribution in [3.05, 3.63) is 47.5 Å². The second-order valence-electron chi connectivity index (χ2n) is 5.39. The summed E-state index contributed by atoms with van der Waals surface area (Å²) in [6.45, 7) is -0.901. The number of nitrogens with one attached hydrogen (secondary N) is 1. The lowest BCUT2D eigenvalue weighted by Gasteiger charge is -2.19. The number of aliphatic carboxylic acids is 1. The second kappa shape index (κ2) is 6.01. The first-order chi connectivity index (χ1) is 11.5. The van der Waals surface area contributed by atoms with Gasteiger partial charge in [0.2, 0.25) is 5.91 Å². The van der Waals surface area contributed by atoms with Crippen molar-refractivity contribution in [1.82, 2.24) is 10.2 Å². The van der Waals surface area contributed by atoms with Crippen LogP contribution in [-0.4, -0.2) is 40.9 Å². The van der Waals surface area contributed by atoms with Crippen LogP contribution in [0.3, 0.4) is 0 Å². The van der Waals surface area contributed by atoms with Crippen molar-refractivity contribution in [2.24, 2.45) is 0 Å². The van der Waals surface area contributed by atoms with Crippen LogP contribution >= 0.6 is 0 Å². The van der Waals surface area contributed by atoms with Gasteiger partial charge in [0.15, 0.2) is 0 Å². The fourth-order valence-corrected chi connectivity index (χ4v) is 2.87. The molecule has 2 aromatic carbocycles. The Labute approximate surface area is 137 Å².